The van der Waals surface area contributed by atoms with Crippen molar-refractivity contribution < 1.29 is 19.1 Å². The van der Waals surface area contributed by atoms with Crippen LogP contribution in [0.15, 0.2) is 42.5 Å². The molecule has 1 N–H and O–H groups in total. The zero-order chi connectivity index (χ0) is 18.0. The SMILES string of the molecule is CCc1ccc2c(c1)CC(C)(C(=O)Nc1cccc(OC)c1)OC2=O. The average molecular weight is 339 g/mol. The maximum Gasteiger partial charge on any atom is 0.339 e. The molecule has 0 aliphatic carbocycles. The lowest BCUT2D eigenvalue weighted by Crippen LogP contribution is -2.48. The lowest BCUT2D eigenvalue weighted by atomic mass is 9.88. The zero-order valence-corrected chi connectivity index (χ0v) is 14.6. The summed E-state index contributed by atoms with van der Waals surface area (Å²) in [5.41, 5.74) is 1.85. The number of nitrogens with one attached hydrogen (secondary N) is 1. The summed E-state index contributed by atoms with van der Waals surface area (Å²) in [6, 6.07) is 12.7. The first-order valence-electron chi connectivity index (χ1n) is 8.26. The van der Waals surface area contributed by atoms with Crippen LogP contribution in [0, 0.1) is 0 Å². The van der Waals surface area contributed by atoms with E-state index < -0.39 is 11.6 Å². The van der Waals surface area contributed by atoms with Crippen LogP contribution in [-0.2, 0) is 22.4 Å². The van der Waals surface area contributed by atoms with Gasteiger partial charge in [0, 0.05) is 18.2 Å². The Balaban J connectivity index is 1.85. The molecule has 5 heteroatoms. The summed E-state index contributed by atoms with van der Waals surface area (Å²) in [6.45, 7) is 3.69. The van der Waals surface area contributed by atoms with Crippen LogP contribution in [0.2, 0.25) is 0 Å². The number of ether oxygens (including phenoxy) is 2. The molecule has 1 amide bonds. The first-order valence-corrected chi connectivity index (χ1v) is 8.26. The second kappa shape index (κ2) is 6.59. The maximum absolute atomic E-state index is 12.8. The average Bonchev–Trinajstić information content (AvgIpc) is 2.61. The lowest BCUT2D eigenvalue weighted by Gasteiger charge is -2.33. The molecular formula is C20H21NO4. The second-order valence-corrected chi connectivity index (χ2v) is 6.33. The fraction of sp³-hybridized carbons (Fsp3) is 0.300. The van der Waals surface area contributed by atoms with Crippen LogP contribution in [0.3, 0.4) is 0 Å². The smallest absolute Gasteiger partial charge is 0.339 e. The quantitative estimate of drug-likeness (QED) is 0.868. The first-order chi connectivity index (χ1) is 11.9. The number of cyclic esters (lactones) is 1. The van der Waals surface area contributed by atoms with E-state index in [1.807, 2.05) is 12.1 Å². The van der Waals surface area contributed by atoms with Gasteiger partial charge in [0.25, 0.3) is 5.91 Å². The van der Waals surface area contributed by atoms with E-state index in [0.29, 0.717) is 23.4 Å². The molecule has 0 saturated heterocycles. The summed E-state index contributed by atoms with van der Waals surface area (Å²) >= 11 is 0. The highest BCUT2D eigenvalue weighted by atomic mass is 16.6. The van der Waals surface area contributed by atoms with Gasteiger partial charge in [0.2, 0.25) is 0 Å². The number of rotatable bonds is 4. The molecule has 1 unspecified atom stereocenters. The minimum Gasteiger partial charge on any atom is -0.497 e. The number of carbonyl (C=O) groups is 2. The van der Waals surface area contributed by atoms with Gasteiger partial charge in [-0.15, -0.1) is 0 Å². The van der Waals surface area contributed by atoms with Gasteiger partial charge in [-0.05, 0) is 42.7 Å². The van der Waals surface area contributed by atoms with Crippen molar-refractivity contribution in [1.29, 1.82) is 0 Å². The molecule has 1 aliphatic heterocycles. The third kappa shape index (κ3) is 3.36. The molecule has 1 heterocycles. The van der Waals surface area contributed by atoms with Crippen molar-refractivity contribution in [3.63, 3.8) is 0 Å². The fourth-order valence-corrected chi connectivity index (χ4v) is 2.96. The van der Waals surface area contributed by atoms with Crippen LogP contribution in [0.4, 0.5) is 5.69 Å². The van der Waals surface area contributed by atoms with Crippen LogP contribution in [0.25, 0.3) is 0 Å². The summed E-state index contributed by atoms with van der Waals surface area (Å²) in [5.74, 6) is -0.185. The minimum absolute atomic E-state index is 0.345. The molecule has 0 aromatic heterocycles. The summed E-state index contributed by atoms with van der Waals surface area (Å²) < 4.78 is 10.6. The monoisotopic (exact) mass is 339 g/mol. The van der Waals surface area contributed by atoms with Gasteiger partial charge in [-0.3, -0.25) is 4.79 Å². The minimum atomic E-state index is -1.25. The highest BCUT2D eigenvalue weighted by Crippen LogP contribution is 2.30. The Labute approximate surface area is 147 Å². The molecule has 0 fully saturated rings. The summed E-state index contributed by atoms with van der Waals surface area (Å²) in [7, 11) is 1.56. The van der Waals surface area contributed by atoms with Crippen LogP contribution >= 0.6 is 0 Å². The van der Waals surface area contributed by atoms with Crippen molar-refractivity contribution in [3.8, 4) is 5.75 Å². The molecular weight excluding hydrogens is 318 g/mol. The molecule has 25 heavy (non-hydrogen) atoms. The molecule has 0 spiro atoms. The maximum atomic E-state index is 12.8. The first kappa shape index (κ1) is 17.0. The predicted molar refractivity (Wildman–Crippen MR) is 95.0 cm³/mol. The molecule has 3 rings (SSSR count). The number of fused-ring (bicyclic) bond motifs is 1. The van der Waals surface area contributed by atoms with E-state index in [9.17, 15) is 9.59 Å². The Hall–Kier alpha value is -2.82. The number of methoxy groups -OCH3 is 1. The second-order valence-electron chi connectivity index (χ2n) is 6.33. The van der Waals surface area contributed by atoms with Crippen molar-refractivity contribution in [2.24, 2.45) is 0 Å². The molecule has 0 bridgehead atoms. The van der Waals surface area contributed by atoms with E-state index in [2.05, 4.69) is 12.2 Å². The molecule has 2 aromatic carbocycles. The molecule has 2 aromatic rings. The molecule has 130 valence electrons. The number of hydrogen-bond donors (Lipinski definition) is 1. The topological polar surface area (TPSA) is 64.6 Å². The Bertz CT molecular complexity index is 830. The van der Waals surface area contributed by atoms with Crippen molar-refractivity contribution >= 4 is 17.6 Å². The van der Waals surface area contributed by atoms with Crippen LogP contribution in [-0.4, -0.2) is 24.6 Å². The van der Waals surface area contributed by atoms with Crippen LogP contribution in [0.5, 0.6) is 5.75 Å². The predicted octanol–water partition coefficient (Wildman–Crippen LogP) is 3.37. The van der Waals surface area contributed by atoms with Crippen LogP contribution < -0.4 is 10.1 Å². The Kier molecular flexibility index (Phi) is 4.49. The number of esters is 1. The van der Waals surface area contributed by atoms with Gasteiger partial charge in [-0.25, -0.2) is 4.79 Å². The molecule has 1 aliphatic rings. The third-order valence-electron chi connectivity index (χ3n) is 4.45. The van der Waals surface area contributed by atoms with E-state index in [0.717, 1.165) is 17.5 Å². The van der Waals surface area contributed by atoms with Crippen molar-refractivity contribution in [3.05, 3.63) is 59.2 Å². The third-order valence-corrected chi connectivity index (χ3v) is 4.45. The summed E-state index contributed by atoms with van der Waals surface area (Å²) in [4.78, 5) is 25.1. The van der Waals surface area contributed by atoms with E-state index >= 15 is 0 Å². The van der Waals surface area contributed by atoms with E-state index in [1.165, 1.54) is 0 Å². The number of anilines is 1. The van der Waals surface area contributed by atoms with Gasteiger partial charge >= 0.3 is 5.97 Å². The van der Waals surface area contributed by atoms with Gasteiger partial charge < -0.3 is 14.8 Å². The van der Waals surface area contributed by atoms with E-state index in [-0.39, 0.29) is 5.91 Å². The molecule has 0 saturated carbocycles. The molecule has 0 radical (unpaired) electrons. The van der Waals surface area contributed by atoms with Gasteiger partial charge in [-0.2, -0.15) is 0 Å². The van der Waals surface area contributed by atoms with Crippen molar-refractivity contribution in [2.45, 2.75) is 32.3 Å². The van der Waals surface area contributed by atoms with Gasteiger partial charge in [0.1, 0.15) is 5.75 Å². The number of aryl methyl sites for hydroxylation is 1. The highest BCUT2D eigenvalue weighted by molar-refractivity contribution is 6.02. The normalized spacial score (nSPS) is 18.9. The van der Waals surface area contributed by atoms with Crippen LogP contribution in [0.1, 0.15) is 35.3 Å². The number of benzene rings is 2. The number of hydrogen-bond acceptors (Lipinski definition) is 4. The zero-order valence-electron chi connectivity index (χ0n) is 14.6. The molecule has 5 nitrogen and oxygen atoms in total. The highest BCUT2D eigenvalue weighted by Gasteiger charge is 2.42. The van der Waals surface area contributed by atoms with Crippen molar-refractivity contribution in [2.75, 3.05) is 12.4 Å². The standard InChI is InChI=1S/C20H21NO4/c1-4-13-8-9-17-14(10-13)12-20(2,25-18(17)22)19(23)21-15-6-5-7-16(11-15)24-3/h5-11H,4,12H2,1-3H3,(H,21,23). The largest absolute Gasteiger partial charge is 0.497 e. The van der Waals surface area contributed by atoms with Gasteiger partial charge in [-0.1, -0.05) is 25.1 Å². The Morgan fingerprint density at radius 3 is 2.80 bits per heavy atom. The van der Waals surface area contributed by atoms with Gasteiger partial charge in [0.05, 0.1) is 12.7 Å². The number of amides is 1. The summed E-state index contributed by atoms with van der Waals surface area (Å²) in [5, 5.41) is 2.81. The Morgan fingerprint density at radius 1 is 1.28 bits per heavy atom. The molecule has 1 atom stereocenters. The van der Waals surface area contributed by atoms with Crippen molar-refractivity contribution in [1.82, 2.24) is 0 Å². The van der Waals surface area contributed by atoms with E-state index in [4.69, 9.17) is 9.47 Å². The fourth-order valence-electron chi connectivity index (χ4n) is 2.96. The van der Waals surface area contributed by atoms with Gasteiger partial charge in [0.15, 0.2) is 5.60 Å². The summed E-state index contributed by atoms with van der Waals surface area (Å²) in [6.07, 6.45) is 1.22. The number of carbonyl (C=O) groups excluding carboxylic acids is 2. The Morgan fingerprint density at radius 2 is 2.08 bits per heavy atom. The van der Waals surface area contributed by atoms with E-state index in [1.54, 1.807) is 44.4 Å². The lowest BCUT2D eigenvalue weighted by molar-refractivity contribution is -0.134.